The summed E-state index contributed by atoms with van der Waals surface area (Å²) in [7, 11) is -0.917. The normalized spacial score (nSPS) is 12.9. The number of nitrogens with zero attached hydrogens (tertiary/aromatic N) is 1. The van der Waals surface area contributed by atoms with E-state index >= 15 is 0 Å². The van der Waals surface area contributed by atoms with Crippen molar-refractivity contribution in [3.8, 4) is 0 Å². The predicted molar refractivity (Wildman–Crippen MR) is 68.8 cm³/mol. The summed E-state index contributed by atoms with van der Waals surface area (Å²) in [6, 6.07) is 3.98. The van der Waals surface area contributed by atoms with E-state index < -0.39 is 15.7 Å². The summed E-state index contributed by atoms with van der Waals surface area (Å²) in [5.41, 5.74) is 0.235. The van der Waals surface area contributed by atoms with E-state index in [4.69, 9.17) is 0 Å². The van der Waals surface area contributed by atoms with E-state index in [9.17, 15) is 13.4 Å². The molecule has 0 saturated carbocycles. The molecule has 0 atom stereocenters. The predicted octanol–water partition coefficient (Wildman–Crippen LogP) is 1.31. The molecule has 0 aliphatic rings. The maximum Gasteiger partial charge on any atom is 0.203 e. The van der Waals surface area contributed by atoms with Crippen LogP contribution in [0.5, 0.6) is 0 Å². The fourth-order valence-electron chi connectivity index (χ4n) is 1.82. The second-order valence-corrected chi connectivity index (χ2v) is 7.65. The van der Waals surface area contributed by atoms with Crippen LogP contribution in [0.15, 0.2) is 34.1 Å². The number of thiol groups is 1. The van der Waals surface area contributed by atoms with Crippen molar-refractivity contribution in [1.82, 2.24) is 4.57 Å². The van der Waals surface area contributed by atoms with Gasteiger partial charge in [0.15, 0.2) is 0 Å². The average molecular weight is 255 g/mol. The molecule has 1 aromatic heterocycles. The highest BCUT2D eigenvalue weighted by atomic mass is 32.2. The van der Waals surface area contributed by atoms with Crippen LogP contribution in [0, 0.1) is 5.82 Å². The largest absolute Gasteiger partial charge is 0.349 e. The molecule has 1 aromatic carbocycles. The lowest BCUT2D eigenvalue weighted by Crippen LogP contribution is -2.21. The molecule has 2 aromatic rings. The average Bonchev–Trinajstić information content (AvgIpc) is 2.21. The first kappa shape index (κ1) is 12.0. The van der Waals surface area contributed by atoms with Crippen molar-refractivity contribution in [1.29, 1.82) is 0 Å². The zero-order valence-corrected chi connectivity index (χ0v) is 10.8. The van der Waals surface area contributed by atoms with Gasteiger partial charge in [0.05, 0.1) is 10.4 Å². The van der Waals surface area contributed by atoms with Gasteiger partial charge in [0.1, 0.15) is 5.82 Å². The topological polar surface area (TPSA) is 39.1 Å². The standard InChI is InChI=1S/C12H14FNO2S/c1-14-7-11(17(2,3)16)12(15)9-5-4-8(13)6-10(9)14/h4-7,17H,1-3H3. The molecule has 0 amide bonds. The van der Waals surface area contributed by atoms with Gasteiger partial charge in [-0.2, -0.15) is 0 Å². The third kappa shape index (κ3) is 2.02. The Morgan fingerprint density at radius 1 is 1.29 bits per heavy atom. The number of fused-ring (bicyclic) bond motifs is 1. The molecule has 0 aliphatic heterocycles. The van der Waals surface area contributed by atoms with Gasteiger partial charge in [0.2, 0.25) is 5.43 Å². The van der Waals surface area contributed by atoms with Crippen LogP contribution in [0.3, 0.4) is 0 Å². The van der Waals surface area contributed by atoms with E-state index in [0.29, 0.717) is 15.8 Å². The highest BCUT2D eigenvalue weighted by molar-refractivity contribution is 8.01. The minimum Gasteiger partial charge on any atom is -0.349 e. The quantitative estimate of drug-likeness (QED) is 0.780. The minimum atomic E-state index is -2.63. The van der Waals surface area contributed by atoms with Gasteiger partial charge in [0.25, 0.3) is 0 Å². The van der Waals surface area contributed by atoms with Crippen molar-refractivity contribution >= 4 is 20.8 Å². The SMILES string of the molecule is Cn1cc([SH](C)(C)=O)c(=O)c2ccc(F)cc21. The Morgan fingerprint density at radius 2 is 1.94 bits per heavy atom. The molecule has 3 nitrogen and oxygen atoms in total. The van der Waals surface area contributed by atoms with Crippen LogP contribution in [0.1, 0.15) is 0 Å². The van der Waals surface area contributed by atoms with Crippen molar-refractivity contribution < 1.29 is 8.60 Å². The molecule has 2 rings (SSSR count). The molecule has 92 valence electrons. The van der Waals surface area contributed by atoms with Gasteiger partial charge in [0, 0.05) is 18.6 Å². The fourth-order valence-corrected chi connectivity index (χ4v) is 2.88. The fraction of sp³-hybridized carbons (Fsp3) is 0.250. The van der Waals surface area contributed by atoms with Gasteiger partial charge in [-0.05, 0) is 30.7 Å². The number of aromatic nitrogens is 1. The Kier molecular flexibility index (Phi) is 2.66. The summed E-state index contributed by atoms with van der Waals surface area (Å²) in [6.45, 7) is 0. The van der Waals surface area contributed by atoms with Crippen LogP contribution < -0.4 is 5.43 Å². The van der Waals surface area contributed by atoms with Crippen LogP contribution in [0.25, 0.3) is 10.9 Å². The minimum absolute atomic E-state index is 0.272. The molecule has 0 radical (unpaired) electrons. The summed E-state index contributed by atoms with van der Waals surface area (Å²) in [5, 5.41) is 0.398. The maximum atomic E-state index is 13.1. The first-order chi connectivity index (χ1) is 7.80. The molecule has 0 unspecified atom stereocenters. The Balaban J connectivity index is 2.97. The number of halogens is 1. The lowest BCUT2D eigenvalue weighted by Gasteiger charge is -2.15. The Labute approximate surface area is 99.3 Å². The van der Waals surface area contributed by atoms with Crippen molar-refractivity contribution in [2.45, 2.75) is 4.90 Å². The van der Waals surface area contributed by atoms with Crippen molar-refractivity contribution in [2.24, 2.45) is 7.05 Å². The monoisotopic (exact) mass is 255 g/mol. The smallest absolute Gasteiger partial charge is 0.203 e. The number of benzene rings is 1. The van der Waals surface area contributed by atoms with E-state index in [1.807, 2.05) is 0 Å². The third-order valence-corrected chi connectivity index (χ3v) is 4.19. The Hall–Kier alpha value is -1.49. The number of pyridine rings is 1. The molecule has 0 spiro atoms. The molecule has 1 heterocycles. The lowest BCUT2D eigenvalue weighted by molar-refractivity contribution is 0.628. The van der Waals surface area contributed by atoms with Crippen molar-refractivity contribution in [2.75, 3.05) is 12.5 Å². The molecule has 0 N–H and O–H groups in total. The highest BCUT2D eigenvalue weighted by Gasteiger charge is 2.14. The van der Waals surface area contributed by atoms with Crippen molar-refractivity contribution in [3.05, 3.63) is 40.4 Å². The lowest BCUT2D eigenvalue weighted by atomic mass is 10.2. The summed E-state index contributed by atoms with van der Waals surface area (Å²) in [6.07, 6.45) is 4.64. The second-order valence-electron chi connectivity index (χ2n) is 4.47. The van der Waals surface area contributed by atoms with Crippen LogP contribution in [-0.4, -0.2) is 21.3 Å². The summed E-state index contributed by atoms with van der Waals surface area (Å²) in [5.74, 6) is -0.392. The number of rotatable bonds is 1. The number of hydrogen-bond donors (Lipinski definition) is 1. The summed E-state index contributed by atoms with van der Waals surface area (Å²) in [4.78, 5) is 12.4. The van der Waals surface area contributed by atoms with Crippen LogP contribution in [-0.2, 0) is 17.0 Å². The molecule has 0 saturated heterocycles. The zero-order chi connectivity index (χ0) is 12.8. The van der Waals surface area contributed by atoms with Crippen LogP contribution >= 0.6 is 0 Å². The van der Waals surface area contributed by atoms with Gasteiger partial charge in [-0.15, -0.1) is 0 Å². The molecule has 17 heavy (non-hydrogen) atoms. The zero-order valence-electron chi connectivity index (χ0n) is 9.90. The highest BCUT2D eigenvalue weighted by Crippen LogP contribution is 2.16. The van der Waals surface area contributed by atoms with E-state index in [2.05, 4.69) is 0 Å². The number of hydrogen-bond acceptors (Lipinski definition) is 2. The summed E-state index contributed by atoms with van der Waals surface area (Å²) < 4.78 is 26.8. The van der Waals surface area contributed by atoms with E-state index in [1.165, 1.54) is 24.4 Å². The third-order valence-electron chi connectivity index (χ3n) is 2.71. The van der Waals surface area contributed by atoms with Crippen molar-refractivity contribution in [3.63, 3.8) is 0 Å². The van der Waals surface area contributed by atoms with Gasteiger partial charge in [-0.3, -0.25) is 9.00 Å². The van der Waals surface area contributed by atoms with E-state index in [-0.39, 0.29) is 5.43 Å². The number of aryl methyl sites for hydroxylation is 1. The Bertz CT molecular complexity index is 699. The van der Waals surface area contributed by atoms with E-state index in [0.717, 1.165) is 0 Å². The first-order valence-corrected chi connectivity index (χ1v) is 7.75. The molecular weight excluding hydrogens is 241 g/mol. The van der Waals surface area contributed by atoms with Gasteiger partial charge >= 0.3 is 0 Å². The van der Waals surface area contributed by atoms with Gasteiger partial charge in [-0.1, -0.05) is 9.93 Å². The van der Waals surface area contributed by atoms with Crippen LogP contribution in [0.4, 0.5) is 4.39 Å². The molecular formula is C12H14FNO2S. The summed E-state index contributed by atoms with van der Waals surface area (Å²) >= 11 is 0. The molecule has 0 aliphatic carbocycles. The molecule has 0 bridgehead atoms. The Morgan fingerprint density at radius 3 is 2.53 bits per heavy atom. The molecule has 0 fully saturated rings. The van der Waals surface area contributed by atoms with E-state index in [1.54, 1.807) is 24.1 Å². The van der Waals surface area contributed by atoms with Gasteiger partial charge in [-0.25, -0.2) is 4.39 Å². The second kappa shape index (κ2) is 3.77. The first-order valence-electron chi connectivity index (χ1n) is 5.15. The molecule has 5 heteroatoms. The van der Waals surface area contributed by atoms with Crippen LogP contribution in [0.2, 0.25) is 0 Å². The van der Waals surface area contributed by atoms with Gasteiger partial charge < -0.3 is 4.57 Å². The maximum absolute atomic E-state index is 13.1.